The molecule has 3 aliphatic carbocycles. The van der Waals surface area contributed by atoms with Crippen LogP contribution in [0.3, 0.4) is 0 Å². The summed E-state index contributed by atoms with van der Waals surface area (Å²) in [4.78, 5) is 49.3. The van der Waals surface area contributed by atoms with Gasteiger partial charge < -0.3 is 26.0 Å². The number of esters is 1. The second kappa shape index (κ2) is 16.9. The van der Waals surface area contributed by atoms with Crippen LogP contribution in [0.2, 0.25) is 0 Å². The number of fused-ring (bicyclic) bond motifs is 2. The van der Waals surface area contributed by atoms with Crippen molar-refractivity contribution >= 4 is 23.5 Å². The third kappa shape index (κ3) is 8.47. The van der Waals surface area contributed by atoms with Crippen molar-refractivity contribution in [3.05, 3.63) is 89.0 Å². The predicted octanol–water partition coefficient (Wildman–Crippen LogP) is 6.29. The molecule has 1 aliphatic heterocycles. The van der Waals surface area contributed by atoms with E-state index in [9.17, 15) is 14.4 Å². The van der Waals surface area contributed by atoms with Gasteiger partial charge in [0.2, 0.25) is 5.91 Å². The normalized spacial score (nSPS) is 26.1. The Kier molecular flexibility index (Phi) is 12.4. The summed E-state index contributed by atoms with van der Waals surface area (Å²) in [5.74, 6) is 0.445. The van der Waals surface area contributed by atoms with E-state index >= 15 is 0 Å². The van der Waals surface area contributed by atoms with Gasteiger partial charge in [-0.05, 0) is 109 Å². The van der Waals surface area contributed by atoms with E-state index in [0.717, 1.165) is 40.8 Å². The largest absolute Gasteiger partial charge is 0.462 e. The average Bonchev–Trinajstić information content (AvgIpc) is 3.54. The highest BCUT2D eigenvalue weighted by Gasteiger charge is 2.57. The molecule has 1 heterocycles. The van der Waals surface area contributed by atoms with Gasteiger partial charge in [0.15, 0.2) is 0 Å². The SMILES string of the molecule is CNC(=O)c1cc(-c2cccc(CN3O[C@@H](CN)[C@@H]([C@H](C)OC(=O)CCCc4ccccc4)[C@H]3C(=O)N[C@H]3C[C@H]4C[C@@H]([C@@H]3C)C4(C)C)c2C)cc(N(C)C)c1. The molecule has 1 saturated heterocycles. The Labute approximate surface area is 327 Å². The summed E-state index contributed by atoms with van der Waals surface area (Å²) in [5, 5.41) is 7.99. The fourth-order valence-electron chi connectivity index (χ4n) is 9.58. The summed E-state index contributed by atoms with van der Waals surface area (Å²) in [6, 6.07) is 21.4. The highest BCUT2D eigenvalue weighted by atomic mass is 16.7. The minimum Gasteiger partial charge on any atom is -0.462 e. The maximum Gasteiger partial charge on any atom is 0.306 e. The lowest BCUT2D eigenvalue weighted by atomic mass is 9.45. The molecular formula is C45H61N5O5. The molecule has 2 bridgehead atoms. The molecular weight excluding hydrogens is 691 g/mol. The molecule has 55 heavy (non-hydrogen) atoms. The lowest BCUT2D eigenvalue weighted by molar-refractivity contribution is -0.175. The second-order valence-electron chi connectivity index (χ2n) is 16.9. The zero-order chi connectivity index (χ0) is 39.6. The Balaban J connectivity index is 1.27. The highest BCUT2D eigenvalue weighted by Crippen LogP contribution is 2.61. The molecule has 10 nitrogen and oxygen atoms in total. The maximum atomic E-state index is 14.7. The lowest BCUT2D eigenvalue weighted by Crippen LogP contribution is -2.62. The monoisotopic (exact) mass is 751 g/mol. The standard InChI is InChI=1S/C45H61N5O5/c1-27-31(17-13-18-36(27)32-20-33(43(52)47-6)22-35(21-32)49(7)8)26-50-42(44(53)48-38-24-34-23-37(28(38)2)45(34,4)5)41(39(25-46)55-50)29(3)54-40(51)19-12-16-30-14-10-9-11-15-30/h9-11,13-15,17-18,20-22,28-29,34,37-39,41-42H,12,16,19,23-26,46H2,1-8H3,(H,47,52)(H,48,53)/t28-,29-,34+,37-,38-,39-,41+,42-/m0/s1. The van der Waals surface area contributed by atoms with E-state index < -0.39 is 24.2 Å². The van der Waals surface area contributed by atoms with E-state index in [1.807, 2.05) is 68.4 Å². The molecule has 0 unspecified atom stereocenters. The lowest BCUT2D eigenvalue weighted by Gasteiger charge is -2.62. The van der Waals surface area contributed by atoms with Crippen LogP contribution in [0.25, 0.3) is 11.1 Å². The molecule has 4 fully saturated rings. The van der Waals surface area contributed by atoms with E-state index in [2.05, 4.69) is 62.6 Å². The number of nitrogens with two attached hydrogens (primary N) is 1. The number of benzene rings is 3. The van der Waals surface area contributed by atoms with Crippen LogP contribution < -0.4 is 21.3 Å². The van der Waals surface area contributed by atoms with E-state index in [-0.39, 0.29) is 42.2 Å². The smallest absolute Gasteiger partial charge is 0.306 e. The molecule has 0 aromatic heterocycles. The van der Waals surface area contributed by atoms with E-state index in [4.69, 9.17) is 15.3 Å². The first-order valence-electron chi connectivity index (χ1n) is 20.0. The van der Waals surface area contributed by atoms with Crippen molar-refractivity contribution in [3.63, 3.8) is 0 Å². The average molecular weight is 752 g/mol. The molecule has 3 aromatic rings. The quantitative estimate of drug-likeness (QED) is 0.164. The molecule has 296 valence electrons. The number of ether oxygens (including phenoxy) is 1. The highest BCUT2D eigenvalue weighted by molar-refractivity contribution is 5.96. The van der Waals surface area contributed by atoms with Crippen LogP contribution >= 0.6 is 0 Å². The van der Waals surface area contributed by atoms with Gasteiger partial charge in [0, 0.05) is 51.4 Å². The Morgan fingerprint density at radius 1 is 1.05 bits per heavy atom. The molecule has 10 heteroatoms. The van der Waals surface area contributed by atoms with Crippen molar-refractivity contribution in [1.82, 2.24) is 15.7 Å². The van der Waals surface area contributed by atoms with Gasteiger partial charge in [-0.1, -0.05) is 69.3 Å². The number of nitrogens with one attached hydrogen (secondary N) is 2. The Morgan fingerprint density at radius 2 is 1.80 bits per heavy atom. The van der Waals surface area contributed by atoms with Crippen molar-refractivity contribution in [1.29, 1.82) is 0 Å². The number of hydrogen-bond acceptors (Lipinski definition) is 8. The number of hydrogen-bond donors (Lipinski definition) is 3. The van der Waals surface area contributed by atoms with Crippen LogP contribution in [0.15, 0.2) is 66.7 Å². The predicted molar refractivity (Wildman–Crippen MR) is 217 cm³/mol. The fourth-order valence-corrected chi connectivity index (χ4v) is 9.58. The number of aryl methyl sites for hydroxylation is 1. The van der Waals surface area contributed by atoms with E-state index in [1.54, 1.807) is 12.1 Å². The third-order valence-corrected chi connectivity index (χ3v) is 13.1. The third-order valence-electron chi connectivity index (χ3n) is 13.1. The van der Waals surface area contributed by atoms with Crippen molar-refractivity contribution < 1.29 is 24.0 Å². The first-order valence-corrected chi connectivity index (χ1v) is 20.0. The molecule has 4 N–H and O–H groups in total. The summed E-state index contributed by atoms with van der Waals surface area (Å²) in [5.41, 5.74) is 13.2. The Hall–Kier alpha value is -4.25. The Morgan fingerprint density at radius 3 is 2.45 bits per heavy atom. The number of nitrogens with zero attached hydrogens (tertiary/aromatic N) is 2. The van der Waals surface area contributed by atoms with Gasteiger partial charge in [0.1, 0.15) is 12.1 Å². The summed E-state index contributed by atoms with van der Waals surface area (Å²) in [6.45, 7) is 11.4. The summed E-state index contributed by atoms with van der Waals surface area (Å²) >= 11 is 0. The fraction of sp³-hybridized carbons (Fsp3) is 0.533. The zero-order valence-electron chi connectivity index (χ0n) is 33.9. The van der Waals surface area contributed by atoms with Crippen molar-refractivity contribution in [2.24, 2.45) is 34.8 Å². The number of rotatable bonds is 14. The molecule has 7 rings (SSSR count). The van der Waals surface area contributed by atoms with Crippen LogP contribution in [-0.2, 0) is 32.1 Å². The number of anilines is 1. The van der Waals surface area contributed by atoms with Crippen LogP contribution in [-0.4, -0.2) is 74.8 Å². The van der Waals surface area contributed by atoms with E-state index in [1.165, 1.54) is 12.0 Å². The molecule has 2 amide bonds. The maximum absolute atomic E-state index is 14.7. The van der Waals surface area contributed by atoms with Crippen LogP contribution in [0.5, 0.6) is 0 Å². The molecule has 4 aliphatic rings. The van der Waals surface area contributed by atoms with Crippen molar-refractivity contribution in [2.75, 3.05) is 32.6 Å². The van der Waals surface area contributed by atoms with Crippen molar-refractivity contribution in [2.45, 2.75) is 97.6 Å². The number of carbonyl (C=O) groups excluding carboxylic acids is 3. The van der Waals surface area contributed by atoms with Gasteiger partial charge >= 0.3 is 5.97 Å². The van der Waals surface area contributed by atoms with Crippen LogP contribution in [0.1, 0.15) is 80.4 Å². The van der Waals surface area contributed by atoms with Gasteiger partial charge in [0.25, 0.3) is 5.91 Å². The Bertz CT molecular complexity index is 1850. The number of carbonyl (C=O) groups is 3. The van der Waals surface area contributed by atoms with Crippen LogP contribution in [0, 0.1) is 36.0 Å². The summed E-state index contributed by atoms with van der Waals surface area (Å²) in [7, 11) is 5.54. The number of amides is 2. The second-order valence-corrected chi connectivity index (χ2v) is 16.9. The number of hydroxylamine groups is 2. The minimum atomic E-state index is -0.737. The van der Waals surface area contributed by atoms with Crippen molar-refractivity contribution in [3.8, 4) is 11.1 Å². The van der Waals surface area contributed by atoms with Gasteiger partial charge in [0.05, 0.1) is 18.6 Å². The molecule has 8 atom stereocenters. The van der Waals surface area contributed by atoms with Gasteiger partial charge in [-0.2, -0.15) is 5.06 Å². The van der Waals surface area contributed by atoms with Gasteiger partial charge in [-0.25, -0.2) is 0 Å². The minimum absolute atomic E-state index is 0.0584. The molecule has 0 spiro atoms. The zero-order valence-corrected chi connectivity index (χ0v) is 33.9. The topological polar surface area (TPSA) is 126 Å². The van der Waals surface area contributed by atoms with Crippen LogP contribution in [0.4, 0.5) is 5.69 Å². The van der Waals surface area contributed by atoms with E-state index in [0.29, 0.717) is 36.3 Å². The first kappa shape index (κ1) is 40.4. The molecule has 3 aromatic carbocycles. The first-order chi connectivity index (χ1) is 26.2. The summed E-state index contributed by atoms with van der Waals surface area (Å²) in [6.07, 6.45) is 2.75. The molecule has 3 saturated carbocycles. The van der Waals surface area contributed by atoms with Gasteiger partial charge in [-0.15, -0.1) is 0 Å². The summed E-state index contributed by atoms with van der Waals surface area (Å²) < 4.78 is 6.10. The molecule has 0 radical (unpaired) electrons. The van der Waals surface area contributed by atoms with Gasteiger partial charge in [-0.3, -0.25) is 19.2 Å².